The topological polar surface area (TPSA) is 38.5 Å². The maximum atomic E-state index is 6.10. The van der Waals surface area contributed by atoms with E-state index >= 15 is 0 Å². The Balaban J connectivity index is 1.99. The Morgan fingerprint density at radius 2 is 2.17 bits per heavy atom. The first-order valence-corrected chi connectivity index (χ1v) is 7.03. The highest BCUT2D eigenvalue weighted by atomic mass is 16.5. The quantitative estimate of drug-likeness (QED) is 0.871. The fourth-order valence-corrected chi connectivity index (χ4v) is 2.47. The minimum Gasteiger partial charge on any atom is -0.491 e. The zero-order valence-corrected chi connectivity index (χ0v) is 11.3. The molecule has 3 heteroatoms. The number of nitrogens with zero attached hydrogens (tertiary/aromatic N) is 1. The Morgan fingerprint density at radius 3 is 3.00 bits per heavy atom. The van der Waals surface area contributed by atoms with Gasteiger partial charge >= 0.3 is 0 Å². The molecule has 0 bridgehead atoms. The Bertz CT molecular complexity index is 367. The molecule has 0 aromatic heterocycles. The maximum Gasteiger partial charge on any atom is 0.142 e. The lowest BCUT2D eigenvalue weighted by Gasteiger charge is -2.25. The lowest BCUT2D eigenvalue weighted by atomic mass is 10.1. The minimum absolute atomic E-state index is 0.325. The lowest BCUT2D eigenvalue weighted by Crippen LogP contribution is -2.31. The third kappa shape index (κ3) is 3.39. The number of nitrogens with two attached hydrogens (primary N) is 1. The van der Waals surface area contributed by atoms with Crippen molar-refractivity contribution >= 4 is 5.69 Å². The first kappa shape index (κ1) is 13.2. The van der Waals surface area contributed by atoms with E-state index in [1.807, 2.05) is 6.07 Å². The van der Waals surface area contributed by atoms with Gasteiger partial charge in [0.25, 0.3) is 0 Å². The van der Waals surface area contributed by atoms with E-state index in [4.69, 9.17) is 10.5 Å². The Labute approximate surface area is 110 Å². The van der Waals surface area contributed by atoms with Gasteiger partial charge in [0.1, 0.15) is 5.75 Å². The van der Waals surface area contributed by atoms with Crippen LogP contribution in [0.1, 0.15) is 32.6 Å². The smallest absolute Gasteiger partial charge is 0.142 e. The third-order valence-corrected chi connectivity index (χ3v) is 3.47. The van der Waals surface area contributed by atoms with Gasteiger partial charge in [-0.15, -0.1) is 0 Å². The summed E-state index contributed by atoms with van der Waals surface area (Å²) in [5, 5.41) is 0. The summed E-state index contributed by atoms with van der Waals surface area (Å²) < 4.78 is 5.76. The largest absolute Gasteiger partial charge is 0.491 e. The average Bonchev–Trinajstić information content (AvgIpc) is 2.59. The zero-order chi connectivity index (χ0) is 12.8. The number of anilines is 1. The summed E-state index contributed by atoms with van der Waals surface area (Å²) >= 11 is 0. The van der Waals surface area contributed by atoms with Gasteiger partial charge < -0.3 is 15.4 Å². The molecule has 0 aliphatic carbocycles. The second-order valence-electron chi connectivity index (χ2n) is 4.99. The Hall–Kier alpha value is -1.22. The van der Waals surface area contributed by atoms with Crippen molar-refractivity contribution < 1.29 is 4.74 Å². The standard InChI is InChI=1S/C15H24N2O/c1-2-6-13(16)9-11-17-10-5-12-18-15-8-4-3-7-14(15)17/h3-4,7-8,13H,2,5-6,9-12,16H2,1H3. The summed E-state index contributed by atoms with van der Waals surface area (Å²) in [7, 11) is 0. The molecule has 0 saturated carbocycles. The normalized spacial score (nSPS) is 16.7. The summed E-state index contributed by atoms with van der Waals surface area (Å²) in [6, 6.07) is 8.63. The van der Waals surface area contributed by atoms with Gasteiger partial charge in [0.2, 0.25) is 0 Å². The first-order chi connectivity index (χ1) is 8.81. The molecule has 18 heavy (non-hydrogen) atoms. The van der Waals surface area contributed by atoms with E-state index in [9.17, 15) is 0 Å². The fourth-order valence-electron chi connectivity index (χ4n) is 2.47. The van der Waals surface area contributed by atoms with E-state index in [0.29, 0.717) is 6.04 Å². The first-order valence-electron chi connectivity index (χ1n) is 7.03. The van der Waals surface area contributed by atoms with E-state index < -0.39 is 0 Å². The summed E-state index contributed by atoms with van der Waals surface area (Å²) in [5.74, 6) is 1.01. The van der Waals surface area contributed by atoms with Crippen LogP contribution >= 0.6 is 0 Å². The van der Waals surface area contributed by atoms with Crippen molar-refractivity contribution in [2.75, 3.05) is 24.6 Å². The van der Waals surface area contributed by atoms with Crippen LogP contribution in [0, 0.1) is 0 Å². The second kappa shape index (κ2) is 6.64. The molecule has 3 nitrogen and oxygen atoms in total. The molecule has 0 amide bonds. The molecular weight excluding hydrogens is 224 g/mol. The monoisotopic (exact) mass is 248 g/mol. The van der Waals surface area contributed by atoms with Crippen LogP contribution in [-0.2, 0) is 0 Å². The molecule has 2 rings (SSSR count). The fraction of sp³-hybridized carbons (Fsp3) is 0.600. The second-order valence-corrected chi connectivity index (χ2v) is 4.99. The van der Waals surface area contributed by atoms with Crippen molar-refractivity contribution in [3.63, 3.8) is 0 Å². The van der Waals surface area contributed by atoms with Gasteiger partial charge in [-0.2, -0.15) is 0 Å². The van der Waals surface area contributed by atoms with Crippen LogP contribution < -0.4 is 15.4 Å². The molecule has 1 aliphatic rings. The van der Waals surface area contributed by atoms with E-state index in [-0.39, 0.29) is 0 Å². The van der Waals surface area contributed by atoms with Gasteiger partial charge in [-0.3, -0.25) is 0 Å². The van der Waals surface area contributed by atoms with Gasteiger partial charge in [-0.05, 0) is 31.4 Å². The molecular formula is C15H24N2O. The summed E-state index contributed by atoms with van der Waals surface area (Å²) in [6.07, 6.45) is 4.42. The summed E-state index contributed by atoms with van der Waals surface area (Å²) in [4.78, 5) is 2.41. The molecule has 1 unspecified atom stereocenters. The van der Waals surface area contributed by atoms with Crippen molar-refractivity contribution in [2.24, 2.45) is 5.73 Å². The van der Waals surface area contributed by atoms with Gasteiger partial charge in [-0.25, -0.2) is 0 Å². The van der Waals surface area contributed by atoms with Crippen LogP contribution in [0.2, 0.25) is 0 Å². The van der Waals surface area contributed by atoms with Crippen LogP contribution in [-0.4, -0.2) is 25.7 Å². The van der Waals surface area contributed by atoms with Crippen LogP contribution in [0.15, 0.2) is 24.3 Å². The van der Waals surface area contributed by atoms with E-state index in [2.05, 4.69) is 30.0 Å². The number of fused-ring (bicyclic) bond motifs is 1. The molecule has 2 N–H and O–H groups in total. The predicted molar refractivity (Wildman–Crippen MR) is 76.3 cm³/mol. The highest BCUT2D eigenvalue weighted by Gasteiger charge is 2.16. The number of ether oxygens (including phenoxy) is 1. The summed E-state index contributed by atoms with van der Waals surface area (Å²) in [5.41, 5.74) is 7.32. The number of benzene rings is 1. The van der Waals surface area contributed by atoms with E-state index in [1.54, 1.807) is 0 Å². The lowest BCUT2D eigenvalue weighted by molar-refractivity contribution is 0.322. The molecule has 0 radical (unpaired) electrons. The molecule has 1 heterocycles. The molecule has 0 fully saturated rings. The zero-order valence-electron chi connectivity index (χ0n) is 11.3. The van der Waals surface area contributed by atoms with Crippen molar-refractivity contribution in [1.29, 1.82) is 0 Å². The van der Waals surface area contributed by atoms with Crippen LogP contribution in [0.25, 0.3) is 0 Å². The molecule has 1 atom stereocenters. The highest BCUT2D eigenvalue weighted by Crippen LogP contribution is 2.30. The molecule has 1 aromatic rings. The number of rotatable bonds is 5. The average molecular weight is 248 g/mol. The van der Waals surface area contributed by atoms with Gasteiger partial charge in [0, 0.05) is 19.1 Å². The third-order valence-electron chi connectivity index (χ3n) is 3.47. The highest BCUT2D eigenvalue weighted by molar-refractivity contribution is 5.58. The van der Waals surface area contributed by atoms with E-state index in [0.717, 1.165) is 44.7 Å². The van der Waals surface area contributed by atoms with E-state index in [1.165, 1.54) is 12.1 Å². The molecule has 0 spiro atoms. The predicted octanol–water partition coefficient (Wildman–Crippen LogP) is 2.79. The van der Waals surface area contributed by atoms with Crippen LogP contribution in [0.3, 0.4) is 0 Å². The summed E-state index contributed by atoms with van der Waals surface area (Å²) in [6.45, 7) is 5.10. The van der Waals surface area contributed by atoms with Crippen LogP contribution in [0.5, 0.6) is 5.75 Å². The molecule has 1 aliphatic heterocycles. The Morgan fingerprint density at radius 1 is 1.33 bits per heavy atom. The number of hydrogen-bond donors (Lipinski definition) is 1. The molecule has 100 valence electrons. The molecule has 1 aromatic carbocycles. The Kier molecular flexibility index (Phi) is 4.88. The van der Waals surface area contributed by atoms with Crippen LogP contribution in [0.4, 0.5) is 5.69 Å². The molecule has 0 saturated heterocycles. The maximum absolute atomic E-state index is 6.10. The van der Waals surface area contributed by atoms with Gasteiger partial charge in [0.15, 0.2) is 0 Å². The minimum atomic E-state index is 0.325. The van der Waals surface area contributed by atoms with Crippen molar-refractivity contribution in [3.8, 4) is 5.75 Å². The van der Waals surface area contributed by atoms with Crippen molar-refractivity contribution in [3.05, 3.63) is 24.3 Å². The van der Waals surface area contributed by atoms with Gasteiger partial charge in [-0.1, -0.05) is 25.5 Å². The number of hydrogen-bond acceptors (Lipinski definition) is 3. The SMILES string of the molecule is CCCC(N)CCN1CCCOc2ccccc21. The van der Waals surface area contributed by atoms with Crippen molar-refractivity contribution in [2.45, 2.75) is 38.6 Å². The van der Waals surface area contributed by atoms with Crippen molar-refractivity contribution in [1.82, 2.24) is 0 Å². The van der Waals surface area contributed by atoms with Gasteiger partial charge in [0.05, 0.1) is 12.3 Å². The number of para-hydroxylation sites is 2.